The number of nitrogens with one attached hydrogen (secondary N) is 1. The molecule has 1 aromatic carbocycles. The summed E-state index contributed by atoms with van der Waals surface area (Å²) < 4.78 is 15.4. The third-order valence-corrected chi connectivity index (χ3v) is 2.65. The summed E-state index contributed by atoms with van der Waals surface area (Å²) in [6.45, 7) is 5.07. The highest BCUT2D eigenvalue weighted by atomic mass is 16.6. The largest absolute Gasteiger partial charge is 0.493 e. The standard InChI is InChI=1S/C15H21NO6/c1-15(2,3)22-14(19)16-11(13(17)18)9-7-6-8-10(20-4)12(9)21-5/h6-8,11H,1-5H3,(H,16,19)(H,17,18)/t11-/m1/s1. The highest BCUT2D eigenvalue weighted by Crippen LogP contribution is 2.34. The SMILES string of the molecule is COc1cccc([C@@H](NC(=O)OC(C)(C)C)C(=O)O)c1OC. The Hall–Kier alpha value is -2.44. The second-order valence-electron chi connectivity index (χ2n) is 5.50. The molecule has 2 N–H and O–H groups in total. The molecule has 0 saturated carbocycles. The van der Waals surface area contributed by atoms with E-state index in [2.05, 4.69) is 5.32 Å². The Morgan fingerprint density at radius 1 is 1.18 bits per heavy atom. The van der Waals surface area contributed by atoms with Crippen LogP contribution >= 0.6 is 0 Å². The van der Waals surface area contributed by atoms with Crippen LogP contribution in [-0.2, 0) is 9.53 Å². The van der Waals surface area contributed by atoms with E-state index in [-0.39, 0.29) is 11.3 Å². The molecule has 0 fully saturated rings. The topological polar surface area (TPSA) is 94.1 Å². The molecule has 1 atom stereocenters. The number of carboxylic acid groups (broad SMARTS) is 1. The van der Waals surface area contributed by atoms with E-state index in [0.717, 1.165) is 0 Å². The number of hydrogen-bond donors (Lipinski definition) is 2. The minimum atomic E-state index is -1.32. The molecule has 0 bridgehead atoms. The monoisotopic (exact) mass is 311 g/mol. The normalized spacial score (nSPS) is 12.2. The van der Waals surface area contributed by atoms with Gasteiger partial charge in [-0.3, -0.25) is 0 Å². The second kappa shape index (κ2) is 7.02. The van der Waals surface area contributed by atoms with E-state index in [9.17, 15) is 14.7 Å². The van der Waals surface area contributed by atoms with E-state index in [1.54, 1.807) is 32.9 Å². The number of rotatable bonds is 5. The van der Waals surface area contributed by atoms with Gasteiger partial charge in [0.25, 0.3) is 0 Å². The maximum absolute atomic E-state index is 11.8. The van der Waals surface area contributed by atoms with Gasteiger partial charge in [-0.1, -0.05) is 12.1 Å². The van der Waals surface area contributed by atoms with Gasteiger partial charge in [0.2, 0.25) is 0 Å². The van der Waals surface area contributed by atoms with Gasteiger partial charge < -0.3 is 24.6 Å². The van der Waals surface area contributed by atoms with Gasteiger partial charge >= 0.3 is 12.1 Å². The van der Waals surface area contributed by atoms with E-state index in [0.29, 0.717) is 5.75 Å². The predicted octanol–water partition coefficient (Wildman–Crippen LogP) is 2.35. The van der Waals surface area contributed by atoms with Crippen molar-refractivity contribution in [3.63, 3.8) is 0 Å². The minimum absolute atomic E-state index is 0.244. The number of amides is 1. The first kappa shape index (κ1) is 17.6. The van der Waals surface area contributed by atoms with Crippen molar-refractivity contribution in [2.24, 2.45) is 0 Å². The number of carbonyl (C=O) groups excluding carboxylic acids is 1. The highest BCUT2D eigenvalue weighted by Gasteiger charge is 2.29. The van der Waals surface area contributed by atoms with Crippen molar-refractivity contribution in [1.29, 1.82) is 0 Å². The van der Waals surface area contributed by atoms with Crippen molar-refractivity contribution < 1.29 is 28.9 Å². The molecule has 0 aliphatic heterocycles. The lowest BCUT2D eigenvalue weighted by molar-refractivity contribution is -0.139. The van der Waals surface area contributed by atoms with Crippen molar-refractivity contribution >= 4 is 12.1 Å². The maximum atomic E-state index is 11.8. The van der Waals surface area contributed by atoms with Crippen LogP contribution in [0.15, 0.2) is 18.2 Å². The molecule has 122 valence electrons. The third-order valence-electron chi connectivity index (χ3n) is 2.65. The molecule has 0 aliphatic carbocycles. The van der Waals surface area contributed by atoms with Crippen molar-refractivity contribution in [3.05, 3.63) is 23.8 Å². The first-order valence-electron chi connectivity index (χ1n) is 6.62. The summed E-state index contributed by atoms with van der Waals surface area (Å²) in [6.07, 6.45) is -0.829. The Morgan fingerprint density at radius 3 is 2.27 bits per heavy atom. The number of ether oxygens (including phenoxy) is 3. The van der Waals surface area contributed by atoms with Crippen LogP contribution in [-0.4, -0.2) is 37.0 Å². The van der Waals surface area contributed by atoms with Gasteiger partial charge in [-0.15, -0.1) is 0 Å². The van der Waals surface area contributed by atoms with E-state index in [4.69, 9.17) is 14.2 Å². The number of methoxy groups -OCH3 is 2. The summed E-state index contributed by atoms with van der Waals surface area (Å²) in [6, 6.07) is 3.47. The van der Waals surface area contributed by atoms with Crippen LogP contribution in [0.4, 0.5) is 4.79 Å². The van der Waals surface area contributed by atoms with Crippen LogP contribution in [0.2, 0.25) is 0 Å². The van der Waals surface area contributed by atoms with Gasteiger partial charge in [0.15, 0.2) is 17.5 Å². The lowest BCUT2D eigenvalue weighted by atomic mass is 10.1. The molecule has 0 unspecified atom stereocenters. The molecular formula is C15H21NO6. The highest BCUT2D eigenvalue weighted by molar-refractivity contribution is 5.82. The van der Waals surface area contributed by atoms with E-state index < -0.39 is 23.7 Å². The van der Waals surface area contributed by atoms with Gasteiger partial charge in [-0.2, -0.15) is 0 Å². The van der Waals surface area contributed by atoms with Crippen molar-refractivity contribution in [3.8, 4) is 11.5 Å². The molecule has 1 aromatic rings. The quantitative estimate of drug-likeness (QED) is 0.867. The van der Waals surface area contributed by atoms with Gasteiger partial charge in [0.1, 0.15) is 5.60 Å². The fourth-order valence-corrected chi connectivity index (χ4v) is 1.84. The molecule has 1 amide bonds. The van der Waals surface area contributed by atoms with Gasteiger partial charge in [-0.25, -0.2) is 9.59 Å². The van der Waals surface area contributed by atoms with Crippen LogP contribution in [0, 0.1) is 0 Å². The Morgan fingerprint density at radius 2 is 1.82 bits per heavy atom. The molecule has 0 spiro atoms. The molecule has 7 heteroatoms. The number of hydrogen-bond acceptors (Lipinski definition) is 5. The number of carbonyl (C=O) groups is 2. The Bertz CT molecular complexity index is 549. The first-order valence-corrected chi connectivity index (χ1v) is 6.62. The van der Waals surface area contributed by atoms with Crippen LogP contribution in [0.5, 0.6) is 11.5 Å². The predicted molar refractivity (Wildman–Crippen MR) is 79.3 cm³/mol. The zero-order valence-corrected chi connectivity index (χ0v) is 13.3. The van der Waals surface area contributed by atoms with Crippen LogP contribution < -0.4 is 14.8 Å². The first-order chi connectivity index (χ1) is 10.2. The van der Waals surface area contributed by atoms with Gasteiger partial charge in [0, 0.05) is 5.56 Å². The number of aliphatic carboxylic acids is 1. The number of alkyl carbamates (subject to hydrolysis) is 1. The summed E-state index contributed by atoms with van der Waals surface area (Å²) in [5.74, 6) is -0.622. The molecule has 1 rings (SSSR count). The number of carboxylic acids is 1. The maximum Gasteiger partial charge on any atom is 0.408 e. The minimum Gasteiger partial charge on any atom is -0.493 e. The zero-order chi connectivity index (χ0) is 16.9. The summed E-state index contributed by atoms with van der Waals surface area (Å²) >= 11 is 0. The second-order valence-corrected chi connectivity index (χ2v) is 5.50. The average molecular weight is 311 g/mol. The lowest BCUT2D eigenvalue weighted by Gasteiger charge is -2.23. The Kier molecular flexibility index (Phi) is 5.62. The van der Waals surface area contributed by atoms with E-state index >= 15 is 0 Å². The molecule has 0 aromatic heterocycles. The summed E-state index contributed by atoms with van der Waals surface area (Å²) in [7, 11) is 2.84. The summed E-state index contributed by atoms with van der Waals surface area (Å²) in [5, 5.41) is 11.7. The molecular weight excluding hydrogens is 290 g/mol. The molecule has 0 heterocycles. The number of para-hydroxylation sites is 1. The molecule has 0 saturated heterocycles. The number of benzene rings is 1. The third kappa shape index (κ3) is 4.54. The Labute approximate surface area is 129 Å². The molecule has 7 nitrogen and oxygen atoms in total. The van der Waals surface area contributed by atoms with Crippen LogP contribution in [0.3, 0.4) is 0 Å². The van der Waals surface area contributed by atoms with Crippen molar-refractivity contribution in [2.75, 3.05) is 14.2 Å². The van der Waals surface area contributed by atoms with Crippen LogP contribution in [0.25, 0.3) is 0 Å². The zero-order valence-electron chi connectivity index (χ0n) is 13.3. The summed E-state index contributed by atoms with van der Waals surface area (Å²) in [4.78, 5) is 23.3. The fraction of sp³-hybridized carbons (Fsp3) is 0.467. The summed E-state index contributed by atoms with van der Waals surface area (Å²) in [5.41, 5.74) is -0.466. The van der Waals surface area contributed by atoms with Crippen LogP contribution in [0.1, 0.15) is 32.4 Å². The Balaban J connectivity index is 3.12. The average Bonchev–Trinajstić information content (AvgIpc) is 2.41. The smallest absolute Gasteiger partial charge is 0.408 e. The van der Waals surface area contributed by atoms with Crippen molar-refractivity contribution in [2.45, 2.75) is 32.4 Å². The van der Waals surface area contributed by atoms with Gasteiger partial charge in [0.05, 0.1) is 14.2 Å². The lowest BCUT2D eigenvalue weighted by Crippen LogP contribution is -2.38. The van der Waals surface area contributed by atoms with E-state index in [1.807, 2.05) is 0 Å². The van der Waals surface area contributed by atoms with Crippen molar-refractivity contribution in [1.82, 2.24) is 5.32 Å². The van der Waals surface area contributed by atoms with Gasteiger partial charge in [-0.05, 0) is 26.8 Å². The molecule has 0 aliphatic rings. The fourth-order valence-electron chi connectivity index (χ4n) is 1.84. The molecule has 22 heavy (non-hydrogen) atoms. The van der Waals surface area contributed by atoms with E-state index in [1.165, 1.54) is 20.3 Å². The molecule has 0 radical (unpaired) electrons.